The van der Waals surface area contributed by atoms with E-state index in [4.69, 9.17) is 10.3 Å². The van der Waals surface area contributed by atoms with Crippen LogP contribution in [0.2, 0.25) is 0 Å². The number of rotatable bonds is 5. The minimum Gasteiger partial charge on any atom is -0.466 e. The summed E-state index contributed by atoms with van der Waals surface area (Å²) in [5, 5.41) is 3.65. The van der Waals surface area contributed by atoms with Crippen molar-refractivity contribution in [2.24, 2.45) is 11.0 Å². The van der Waals surface area contributed by atoms with E-state index in [0.29, 0.717) is 18.3 Å². The Hall–Kier alpha value is -1.85. The largest absolute Gasteiger partial charge is 0.466 e. The lowest BCUT2D eigenvalue weighted by Gasteiger charge is -2.31. The van der Waals surface area contributed by atoms with E-state index in [0.717, 1.165) is 0 Å². The van der Waals surface area contributed by atoms with Gasteiger partial charge in [-0.15, -0.1) is 0 Å². The lowest BCUT2D eigenvalue weighted by atomic mass is 9.84. The van der Waals surface area contributed by atoms with Gasteiger partial charge in [0.15, 0.2) is 0 Å². The van der Waals surface area contributed by atoms with Gasteiger partial charge >= 0.3 is 5.97 Å². The first-order chi connectivity index (χ1) is 8.63. The third-order valence-corrected chi connectivity index (χ3v) is 2.92. The molecule has 1 aliphatic rings. The molecule has 7 nitrogen and oxygen atoms in total. The van der Waals surface area contributed by atoms with Crippen molar-refractivity contribution in [3.8, 4) is 0 Å². The summed E-state index contributed by atoms with van der Waals surface area (Å²) >= 11 is 0. The first-order valence-corrected chi connectivity index (χ1v) is 5.52. The Balaban J connectivity index is 2.94. The molecule has 0 N–H and O–H groups in total. The van der Waals surface area contributed by atoms with E-state index >= 15 is 0 Å². The van der Waals surface area contributed by atoms with Crippen molar-refractivity contribution in [2.75, 3.05) is 13.7 Å². The molecular formula is C11H15N3O4. The highest BCUT2D eigenvalue weighted by atomic mass is 16.5. The minimum absolute atomic E-state index is 0.0665. The molecule has 0 spiro atoms. The van der Waals surface area contributed by atoms with Gasteiger partial charge in [0.1, 0.15) is 12.9 Å². The molecule has 0 bridgehead atoms. The molecule has 0 aromatic heterocycles. The van der Waals surface area contributed by atoms with Crippen LogP contribution in [0.1, 0.15) is 13.3 Å². The van der Waals surface area contributed by atoms with Gasteiger partial charge in [-0.2, -0.15) is 0 Å². The Bertz CT molecular complexity index is 401. The predicted molar refractivity (Wildman–Crippen MR) is 62.6 cm³/mol. The topological polar surface area (TPSA) is 101 Å². The number of carbonyl (C=O) groups is 2. The smallest absolute Gasteiger partial charge is 0.333 e. The van der Waals surface area contributed by atoms with Gasteiger partial charge in [0.2, 0.25) is 0 Å². The van der Waals surface area contributed by atoms with Crippen LogP contribution in [-0.2, 0) is 19.1 Å². The van der Waals surface area contributed by atoms with Gasteiger partial charge in [0, 0.05) is 16.5 Å². The van der Waals surface area contributed by atoms with Gasteiger partial charge in [0.25, 0.3) is 0 Å². The number of hydrogen-bond donors (Lipinski definition) is 0. The molecule has 0 aromatic rings. The lowest BCUT2D eigenvalue weighted by molar-refractivity contribution is -0.136. The second-order valence-corrected chi connectivity index (χ2v) is 3.98. The Morgan fingerprint density at radius 3 is 3.00 bits per heavy atom. The van der Waals surface area contributed by atoms with Crippen LogP contribution < -0.4 is 0 Å². The Morgan fingerprint density at radius 1 is 1.72 bits per heavy atom. The van der Waals surface area contributed by atoms with Gasteiger partial charge in [-0.05, 0) is 23.9 Å². The second-order valence-electron chi connectivity index (χ2n) is 3.98. The van der Waals surface area contributed by atoms with Crippen molar-refractivity contribution in [1.29, 1.82) is 0 Å². The van der Waals surface area contributed by atoms with E-state index in [2.05, 4.69) is 14.8 Å². The molecule has 98 valence electrons. The van der Waals surface area contributed by atoms with Gasteiger partial charge < -0.3 is 14.3 Å². The minimum atomic E-state index is -0.472. The van der Waals surface area contributed by atoms with Crippen LogP contribution in [0.4, 0.5) is 0 Å². The number of carbonyl (C=O) groups excluding carboxylic acids is 2. The molecule has 0 radical (unpaired) electrons. The molecule has 18 heavy (non-hydrogen) atoms. The third-order valence-electron chi connectivity index (χ3n) is 2.92. The second kappa shape index (κ2) is 6.78. The van der Waals surface area contributed by atoms with Crippen molar-refractivity contribution in [1.82, 2.24) is 0 Å². The van der Waals surface area contributed by atoms with Crippen LogP contribution in [0.5, 0.6) is 0 Å². The van der Waals surface area contributed by atoms with E-state index in [9.17, 15) is 9.59 Å². The molecule has 0 aromatic carbocycles. The standard InChI is InChI=1S/C11H15N3O4/c1-7-9(13-14-12)5-8(11(16)17-2)6-10(7)18-4-3-15/h3,6-7,9-10H,4-5H2,1-2H3. The predicted octanol–water partition coefficient (Wildman–Crippen LogP) is 1.39. The average molecular weight is 253 g/mol. The third kappa shape index (κ3) is 3.32. The zero-order chi connectivity index (χ0) is 13.5. The summed E-state index contributed by atoms with van der Waals surface area (Å²) < 4.78 is 9.95. The van der Waals surface area contributed by atoms with Gasteiger partial charge in [-0.25, -0.2) is 4.79 Å². The van der Waals surface area contributed by atoms with Crippen LogP contribution in [0.3, 0.4) is 0 Å². The molecule has 0 amide bonds. The fraction of sp³-hybridized carbons (Fsp3) is 0.636. The summed E-state index contributed by atoms with van der Waals surface area (Å²) in [7, 11) is 1.28. The Kier molecular flexibility index (Phi) is 5.35. The SMILES string of the molecule is COC(=O)C1=CC(OCC=O)C(C)C(N=[N+]=[N-])C1. The van der Waals surface area contributed by atoms with Crippen LogP contribution in [0.15, 0.2) is 16.8 Å². The van der Waals surface area contributed by atoms with E-state index in [-0.39, 0.29) is 18.6 Å². The van der Waals surface area contributed by atoms with Crippen molar-refractivity contribution in [3.05, 3.63) is 22.1 Å². The summed E-state index contributed by atoms with van der Waals surface area (Å²) in [5.74, 6) is -0.575. The maximum absolute atomic E-state index is 11.5. The summed E-state index contributed by atoms with van der Waals surface area (Å²) in [4.78, 5) is 24.6. The highest BCUT2D eigenvalue weighted by molar-refractivity contribution is 5.88. The number of hydrogen-bond acceptors (Lipinski definition) is 5. The van der Waals surface area contributed by atoms with Crippen molar-refractivity contribution in [3.63, 3.8) is 0 Å². The maximum atomic E-state index is 11.5. The highest BCUT2D eigenvalue weighted by Gasteiger charge is 2.32. The molecule has 0 fully saturated rings. The zero-order valence-electron chi connectivity index (χ0n) is 10.3. The van der Waals surface area contributed by atoms with Crippen LogP contribution in [0.25, 0.3) is 10.4 Å². The molecule has 3 unspecified atom stereocenters. The Labute approximate surface area is 104 Å². The molecule has 7 heteroatoms. The van der Waals surface area contributed by atoms with E-state index < -0.39 is 12.1 Å². The van der Waals surface area contributed by atoms with Crippen molar-refractivity contribution >= 4 is 12.3 Å². The molecule has 1 rings (SSSR count). The molecule has 0 saturated heterocycles. The van der Waals surface area contributed by atoms with E-state index in [1.165, 1.54) is 7.11 Å². The summed E-state index contributed by atoms with van der Waals surface area (Å²) in [6.07, 6.45) is 2.14. The Morgan fingerprint density at radius 2 is 2.44 bits per heavy atom. The average Bonchev–Trinajstić information content (AvgIpc) is 2.39. The summed E-state index contributed by atoms with van der Waals surface area (Å²) in [6, 6.07) is -0.384. The number of methoxy groups -OCH3 is 1. The van der Waals surface area contributed by atoms with Crippen molar-refractivity contribution < 1.29 is 19.1 Å². The molecule has 1 aliphatic carbocycles. The van der Waals surface area contributed by atoms with E-state index in [1.54, 1.807) is 6.08 Å². The van der Waals surface area contributed by atoms with E-state index in [1.807, 2.05) is 6.92 Å². The normalized spacial score (nSPS) is 26.8. The number of azide groups is 1. The van der Waals surface area contributed by atoms with Crippen LogP contribution >= 0.6 is 0 Å². The van der Waals surface area contributed by atoms with Crippen LogP contribution in [-0.4, -0.2) is 38.1 Å². The van der Waals surface area contributed by atoms with Gasteiger partial charge in [-0.3, -0.25) is 0 Å². The fourth-order valence-corrected chi connectivity index (χ4v) is 1.89. The highest BCUT2D eigenvalue weighted by Crippen LogP contribution is 2.29. The number of esters is 1. The molecule has 0 saturated carbocycles. The molecule has 0 aliphatic heterocycles. The number of nitrogens with zero attached hydrogens (tertiary/aromatic N) is 3. The zero-order valence-corrected chi connectivity index (χ0v) is 10.3. The number of aldehydes is 1. The number of ether oxygens (including phenoxy) is 2. The molecule has 0 heterocycles. The molecular weight excluding hydrogens is 238 g/mol. The quantitative estimate of drug-likeness (QED) is 0.243. The van der Waals surface area contributed by atoms with Gasteiger partial charge in [-0.1, -0.05) is 12.0 Å². The summed E-state index contributed by atoms with van der Waals surface area (Å²) in [5.41, 5.74) is 8.91. The lowest BCUT2D eigenvalue weighted by Crippen LogP contribution is -2.35. The van der Waals surface area contributed by atoms with Crippen LogP contribution in [0, 0.1) is 5.92 Å². The first-order valence-electron chi connectivity index (χ1n) is 5.52. The van der Waals surface area contributed by atoms with Gasteiger partial charge in [0.05, 0.1) is 13.2 Å². The summed E-state index contributed by atoms with van der Waals surface area (Å²) in [6.45, 7) is 1.78. The monoisotopic (exact) mass is 253 g/mol. The van der Waals surface area contributed by atoms with Crippen molar-refractivity contribution in [2.45, 2.75) is 25.5 Å². The molecule has 3 atom stereocenters. The fourth-order valence-electron chi connectivity index (χ4n) is 1.89. The maximum Gasteiger partial charge on any atom is 0.333 e. The first kappa shape index (κ1) is 14.2.